The predicted octanol–water partition coefficient (Wildman–Crippen LogP) is 3.81. The number of sulfonamides is 1. The van der Waals surface area contributed by atoms with Crippen molar-refractivity contribution in [1.29, 1.82) is 0 Å². The molecule has 4 rings (SSSR count). The standard InChI is InChI=1S/C19H22F3N3O3S/c1-11-18(12(2)24-23-11)29(26,27)25-14-5-6-15(25)10-17(9-14)28-16-7-3-13(4-8-16)19(20,21)22/h3-4,7-8,14-15,17H,5-6,9-10H2,1-2H3,(H,23,24)/t14-,15+,17+. The van der Waals surface area contributed by atoms with E-state index in [-0.39, 0.29) is 23.1 Å². The smallest absolute Gasteiger partial charge is 0.416 e. The summed E-state index contributed by atoms with van der Waals surface area (Å²) >= 11 is 0. The number of piperidine rings is 1. The summed E-state index contributed by atoms with van der Waals surface area (Å²) in [6.07, 6.45) is -2.12. The van der Waals surface area contributed by atoms with Gasteiger partial charge in [-0.1, -0.05) is 0 Å². The molecule has 2 fully saturated rings. The number of alkyl halides is 3. The lowest BCUT2D eigenvalue weighted by Gasteiger charge is -2.37. The molecule has 158 valence electrons. The Morgan fingerprint density at radius 2 is 1.69 bits per heavy atom. The molecular weight excluding hydrogens is 407 g/mol. The maximum Gasteiger partial charge on any atom is 0.416 e. The zero-order valence-corrected chi connectivity index (χ0v) is 16.8. The summed E-state index contributed by atoms with van der Waals surface area (Å²) in [5.74, 6) is 0.361. The molecule has 3 atom stereocenters. The number of hydrogen-bond donors (Lipinski definition) is 1. The first-order chi connectivity index (χ1) is 13.6. The zero-order valence-electron chi connectivity index (χ0n) is 16.0. The van der Waals surface area contributed by atoms with Crippen molar-refractivity contribution in [3.8, 4) is 5.75 Å². The van der Waals surface area contributed by atoms with Gasteiger partial charge >= 0.3 is 6.18 Å². The lowest BCUT2D eigenvalue weighted by atomic mass is 10.0. The predicted molar refractivity (Wildman–Crippen MR) is 99.0 cm³/mol. The van der Waals surface area contributed by atoms with Gasteiger partial charge < -0.3 is 4.74 Å². The molecule has 2 bridgehead atoms. The highest BCUT2D eigenvalue weighted by Gasteiger charge is 2.49. The molecule has 0 aliphatic carbocycles. The van der Waals surface area contributed by atoms with Crippen LogP contribution in [-0.2, 0) is 16.2 Å². The Balaban J connectivity index is 1.50. The van der Waals surface area contributed by atoms with Gasteiger partial charge in [-0.25, -0.2) is 8.42 Å². The fraction of sp³-hybridized carbons (Fsp3) is 0.526. The van der Waals surface area contributed by atoms with E-state index < -0.39 is 21.8 Å². The monoisotopic (exact) mass is 429 g/mol. The maximum absolute atomic E-state index is 13.3. The number of aromatic amines is 1. The molecule has 1 N–H and O–H groups in total. The Kier molecular flexibility index (Phi) is 4.89. The van der Waals surface area contributed by atoms with Gasteiger partial charge in [-0.15, -0.1) is 0 Å². The minimum atomic E-state index is -4.39. The fourth-order valence-electron chi connectivity index (χ4n) is 4.51. The second kappa shape index (κ2) is 7.02. The number of nitrogens with zero attached hydrogens (tertiary/aromatic N) is 2. The van der Waals surface area contributed by atoms with Crippen molar-refractivity contribution in [3.05, 3.63) is 41.2 Å². The molecule has 6 nitrogen and oxygen atoms in total. The third-order valence-electron chi connectivity index (χ3n) is 5.70. The minimum absolute atomic E-state index is 0.188. The Hall–Kier alpha value is -2.07. The van der Waals surface area contributed by atoms with Crippen LogP contribution in [0.15, 0.2) is 29.2 Å². The van der Waals surface area contributed by atoms with Gasteiger partial charge in [0.05, 0.1) is 17.0 Å². The number of rotatable bonds is 4. The van der Waals surface area contributed by atoms with Gasteiger partial charge in [-0.05, 0) is 51.0 Å². The minimum Gasteiger partial charge on any atom is -0.490 e. The number of hydrogen-bond acceptors (Lipinski definition) is 4. The van der Waals surface area contributed by atoms with Crippen molar-refractivity contribution in [2.75, 3.05) is 0 Å². The third-order valence-corrected chi connectivity index (χ3v) is 7.97. The SMILES string of the molecule is Cc1n[nH]c(C)c1S(=O)(=O)N1[C@@H]2CC[C@H]1C[C@@H](Oc1ccc(C(F)(F)F)cc1)C2. The van der Waals surface area contributed by atoms with Gasteiger partial charge in [0.15, 0.2) is 0 Å². The fourth-order valence-corrected chi connectivity index (χ4v) is 6.74. The maximum atomic E-state index is 13.3. The van der Waals surface area contributed by atoms with Crippen LogP contribution in [0.1, 0.15) is 42.6 Å². The van der Waals surface area contributed by atoms with Crippen molar-refractivity contribution in [1.82, 2.24) is 14.5 Å². The molecule has 0 saturated carbocycles. The molecule has 0 spiro atoms. The van der Waals surface area contributed by atoms with Crippen LogP contribution in [0, 0.1) is 13.8 Å². The second-order valence-electron chi connectivity index (χ2n) is 7.72. The number of aryl methyl sites for hydroxylation is 2. The third kappa shape index (κ3) is 3.63. The molecule has 0 amide bonds. The summed E-state index contributed by atoms with van der Waals surface area (Å²) in [7, 11) is -3.68. The van der Waals surface area contributed by atoms with E-state index in [0.29, 0.717) is 30.0 Å². The van der Waals surface area contributed by atoms with Crippen LogP contribution in [0.25, 0.3) is 0 Å². The summed E-state index contributed by atoms with van der Waals surface area (Å²) < 4.78 is 72.1. The molecule has 1 aromatic carbocycles. The molecule has 0 radical (unpaired) electrons. The van der Waals surface area contributed by atoms with E-state index >= 15 is 0 Å². The van der Waals surface area contributed by atoms with Crippen molar-refractivity contribution in [2.24, 2.45) is 0 Å². The molecule has 0 unspecified atom stereocenters. The average Bonchev–Trinajstić information content (AvgIpc) is 3.12. The number of ether oxygens (including phenoxy) is 1. The number of H-pyrrole nitrogens is 1. The highest BCUT2D eigenvalue weighted by atomic mass is 32.2. The molecule has 2 aliphatic rings. The largest absolute Gasteiger partial charge is 0.490 e. The summed E-state index contributed by atoms with van der Waals surface area (Å²) in [4.78, 5) is 0.233. The van der Waals surface area contributed by atoms with E-state index in [4.69, 9.17) is 4.74 Å². The highest BCUT2D eigenvalue weighted by molar-refractivity contribution is 7.89. The Morgan fingerprint density at radius 3 is 2.17 bits per heavy atom. The summed E-state index contributed by atoms with van der Waals surface area (Å²) in [5.41, 5.74) is 0.242. The van der Waals surface area contributed by atoms with Crippen molar-refractivity contribution in [3.63, 3.8) is 0 Å². The topological polar surface area (TPSA) is 75.3 Å². The number of aromatic nitrogens is 2. The summed E-state index contributed by atoms with van der Waals surface area (Å²) in [5, 5.41) is 6.74. The van der Waals surface area contributed by atoms with E-state index in [2.05, 4.69) is 10.2 Å². The van der Waals surface area contributed by atoms with Gasteiger partial charge in [0.25, 0.3) is 0 Å². The van der Waals surface area contributed by atoms with Gasteiger partial charge in [0.1, 0.15) is 16.7 Å². The lowest BCUT2D eigenvalue weighted by molar-refractivity contribution is -0.137. The van der Waals surface area contributed by atoms with Crippen LogP contribution in [0.4, 0.5) is 13.2 Å². The van der Waals surface area contributed by atoms with Gasteiger partial charge in [-0.2, -0.15) is 22.6 Å². The van der Waals surface area contributed by atoms with Crippen molar-refractivity contribution in [2.45, 2.75) is 68.8 Å². The normalized spacial score (nSPS) is 25.3. The van der Waals surface area contributed by atoms with Gasteiger partial charge in [0.2, 0.25) is 10.0 Å². The number of nitrogens with one attached hydrogen (secondary N) is 1. The van der Waals surface area contributed by atoms with Crippen molar-refractivity contribution < 1.29 is 26.3 Å². The van der Waals surface area contributed by atoms with Crippen LogP contribution in [0.3, 0.4) is 0 Å². The highest BCUT2D eigenvalue weighted by Crippen LogP contribution is 2.42. The zero-order chi connectivity index (χ0) is 21.0. The Bertz CT molecular complexity index is 968. The quantitative estimate of drug-likeness (QED) is 0.802. The molecule has 1 aromatic heterocycles. The van der Waals surface area contributed by atoms with Crippen LogP contribution < -0.4 is 4.74 Å². The van der Waals surface area contributed by atoms with Crippen LogP contribution in [0.2, 0.25) is 0 Å². The molecule has 2 aliphatic heterocycles. The Labute approximate surface area is 167 Å². The van der Waals surface area contributed by atoms with Crippen LogP contribution in [-0.4, -0.2) is 41.1 Å². The van der Waals surface area contributed by atoms with E-state index in [1.807, 2.05) is 0 Å². The molecule has 3 heterocycles. The van der Waals surface area contributed by atoms with E-state index in [1.54, 1.807) is 18.2 Å². The van der Waals surface area contributed by atoms with Gasteiger partial charge in [-0.3, -0.25) is 5.10 Å². The van der Waals surface area contributed by atoms with E-state index in [9.17, 15) is 21.6 Å². The summed E-state index contributed by atoms with van der Waals surface area (Å²) in [6, 6.07) is 4.24. The number of fused-ring (bicyclic) bond motifs is 2. The molecule has 29 heavy (non-hydrogen) atoms. The Morgan fingerprint density at radius 1 is 1.10 bits per heavy atom. The summed E-state index contributed by atoms with van der Waals surface area (Å²) in [6.45, 7) is 3.36. The van der Waals surface area contributed by atoms with Gasteiger partial charge in [0, 0.05) is 24.9 Å². The first-order valence-corrected chi connectivity index (χ1v) is 10.9. The van der Waals surface area contributed by atoms with Crippen molar-refractivity contribution >= 4 is 10.0 Å². The lowest BCUT2D eigenvalue weighted by Crippen LogP contribution is -2.49. The second-order valence-corrected chi connectivity index (χ2v) is 9.50. The first kappa shape index (κ1) is 20.2. The number of halogens is 3. The first-order valence-electron chi connectivity index (χ1n) is 9.46. The molecule has 2 saturated heterocycles. The molecular formula is C19H22F3N3O3S. The van der Waals surface area contributed by atoms with E-state index in [0.717, 1.165) is 25.0 Å². The van der Waals surface area contributed by atoms with Crippen LogP contribution >= 0.6 is 0 Å². The average molecular weight is 429 g/mol. The number of benzene rings is 1. The molecule has 10 heteroatoms. The van der Waals surface area contributed by atoms with Crippen LogP contribution in [0.5, 0.6) is 5.75 Å². The molecule has 2 aromatic rings. The van der Waals surface area contributed by atoms with E-state index in [1.165, 1.54) is 12.1 Å².